The highest BCUT2D eigenvalue weighted by molar-refractivity contribution is 5.45. The summed E-state index contributed by atoms with van der Waals surface area (Å²) >= 11 is 0. The van der Waals surface area contributed by atoms with Gasteiger partial charge in [0, 0.05) is 11.8 Å². The van der Waals surface area contributed by atoms with Gasteiger partial charge in [-0.15, -0.1) is 0 Å². The maximum atomic E-state index is 10.2. The molecule has 0 amide bonds. The molecule has 16 heavy (non-hydrogen) atoms. The molecule has 86 valence electrons. The molecule has 1 aromatic heterocycles. The lowest BCUT2D eigenvalue weighted by molar-refractivity contribution is -0.00977. The van der Waals surface area contributed by atoms with Crippen molar-refractivity contribution in [2.45, 2.75) is 32.3 Å². The average Bonchev–Trinajstić information content (AvgIpc) is 2.94. The van der Waals surface area contributed by atoms with Crippen molar-refractivity contribution in [2.24, 2.45) is 5.92 Å². The molecule has 1 saturated heterocycles. The SMILES string of the molecule is Cc1cc(N2CC(O)(C3CC3)C2)nc(C)n1. The summed E-state index contributed by atoms with van der Waals surface area (Å²) in [4.78, 5) is 10.8. The van der Waals surface area contributed by atoms with Gasteiger partial charge in [-0.3, -0.25) is 0 Å². The van der Waals surface area contributed by atoms with E-state index in [1.807, 2.05) is 19.9 Å². The van der Waals surface area contributed by atoms with E-state index in [1.54, 1.807) is 0 Å². The van der Waals surface area contributed by atoms with Gasteiger partial charge in [0.05, 0.1) is 13.1 Å². The van der Waals surface area contributed by atoms with Gasteiger partial charge in [0.25, 0.3) is 0 Å². The van der Waals surface area contributed by atoms with Crippen LogP contribution in [0.5, 0.6) is 0 Å². The molecule has 0 spiro atoms. The smallest absolute Gasteiger partial charge is 0.132 e. The first-order valence-corrected chi connectivity index (χ1v) is 5.86. The number of aliphatic hydroxyl groups is 1. The zero-order chi connectivity index (χ0) is 11.3. The fourth-order valence-corrected chi connectivity index (χ4v) is 2.51. The van der Waals surface area contributed by atoms with E-state index >= 15 is 0 Å². The van der Waals surface area contributed by atoms with Gasteiger partial charge in [0.15, 0.2) is 0 Å². The standard InChI is InChI=1S/C12H17N3O/c1-8-5-11(14-9(2)13-8)15-6-12(16,7-15)10-3-4-10/h5,10,16H,3-4,6-7H2,1-2H3. The van der Waals surface area contributed by atoms with Crippen LogP contribution < -0.4 is 4.90 Å². The van der Waals surface area contributed by atoms with Gasteiger partial charge in [-0.25, -0.2) is 9.97 Å². The predicted molar refractivity (Wildman–Crippen MR) is 61.4 cm³/mol. The van der Waals surface area contributed by atoms with E-state index in [2.05, 4.69) is 14.9 Å². The number of β-amino-alcohol motifs (C(OH)–C–C–N with tert-alkyl or cyclic N) is 1. The number of hydrogen-bond acceptors (Lipinski definition) is 4. The van der Waals surface area contributed by atoms with E-state index in [0.717, 1.165) is 30.4 Å². The molecule has 3 rings (SSSR count). The first-order chi connectivity index (χ1) is 7.57. The Kier molecular flexibility index (Phi) is 1.98. The van der Waals surface area contributed by atoms with E-state index in [4.69, 9.17) is 0 Å². The van der Waals surface area contributed by atoms with Gasteiger partial charge in [-0.2, -0.15) is 0 Å². The Hall–Kier alpha value is -1.16. The minimum atomic E-state index is -0.438. The molecule has 1 aromatic rings. The van der Waals surface area contributed by atoms with Gasteiger partial charge >= 0.3 is 0 Å². The van der Waals surface area contributed by atoms with Crippen molar-refractivity contribution in [3.63, 3.8) is 0 Å². The summed E-state index contributed by atoms with van der Waals surface area (Å²) in [5, 5.41) is 10.2. The molecule has 1 N–H and O–H groups in total. The van der Waals surface area contributed by atoms with Crippen LogP contribution in [0.2, 0.25) is 0 Å². The first-order valence-electron chi connectivity index (χ1n) is 5.86. The zero-order valence-electron chi connectivity index (χ0n) is 9.77. The molecule has 0 radical (unpaired) electrons. The van der Waals surface area contributed by atoms with Crippen LogP contribution in [-0.2, 0) is 0 Å². The van der Waals surface area contributed by atoms with Crippen LogP contribution in [0.4, 0.5) is 5.82 Å². The largest absolute Gasteiger partial charge is 0.386 e. The van der Waals surface area contributed by atoms with Crippen molar-refractivity contribution < 1.29 is 5.11 Å². The minimum Gasteiger partial charge on any atom is -0.386 e. The zero-order valence-corrected chi connectivity index (χ0v) is 9.77. The summed E-state index contributed by atoms with van der Waals surface area (Å²) in [7, 11) is 0. The van der Waals surface area contributed by atoms with E-state index < -0.39 is 5.60 Å². The molecule has 4 heteroatoms. The second-order valence-electron chi connectivity index (χ2n) is 5.15. The molecular weight excluding hydrogens is 202 g/mol. The van der Waals surface area contributed by atoms with Crippen LogP contribution >= 0.6 is 0 Å². The second-order valence-corrected chi connectivity index (χ2v) is 5.15. The molecule has 2 aliphatic rings. The monoisotopic (exact) mass is 219 g/mol. The Balaban J connectivity index is 1.75. The lowest BCUT2D eigenvalue weighted by atomic mass is 9.89. The fraction of sp³-hybridized carbons (Fsp3) is 0.667. The van der Waals surface area contributed by atoms with Crippen molar-refractivity contribution in [1.82, 2.24) is 9.97 Å². The van der Waals surface area contributed by atoms with Crippen molar-refractivity contribution >= 4 is 5.82 Å². The Morgan fingerprint density at radius 2 is 2.00 bits per heavy atom. The van der Waals surface area contributed by atoms with Gasteiger partial charge in [-0.1, -0.05) is 0 Å². The number of aryl methyl sites for hydroxylation is 2. The molecule has 1 aliphatic heterocycles. The van der Waals surface area contributed by atoms with Crippen LogP contribution in [0.1, 0.15) is 24.4 Å². The van der Waals surface area contributed by atoms with Crippen LogP contribution in [0.3, 0.4) is 0 Å². The number of rotatable bonds is 2. The van der Waals surface area contributed by atoms with E-state index in [0.29, 0.717) is 5.92 Å². The van der Waals surface area contributed by atoms with Gasteiger partial charge < -0.3 is 10.0 Å². The van der Waals surface area contributed by atoms with E-state index in [1.165, 1.54) is 12.8 Å². The summed E-state index contributed by atoms with van der Waals surface area (Å²) in [6.07, 6.45) is 2.37. The molecule has 0 aromatic carbocycles. The lowest BCUT2D eigenvalue weighted by Gasteiger charge is -2.47. The van der Waals surface area contributed by atoms with Gasteiger partial charge in [-0.05, 0) is 32.6 Å². The molecule has 0 bridgehead atoms. The molecular formula is C12H17N3O. The Morgan fingerprint density at radius 1 is 1.31 bits per heavy atom. The van der Waals surface area contributed by atoms with Crippen LogP contribution in [0.25, 0.3) is 0 Å². The topological polar surface area (TPSA) is 49.2 Å². The predicted octanol–water partition coefficient (Wildman–Crippen LogP) is 1.05. The van der Waals surface area contributed by atoms with Crippen molar-refractivity contribution in [2.75, 3.05) is 18.0 Å². The Labute approximate surface area is 95.3 Å². The van der Waals surface area contributed by atoms with E-state index in [-0.39, 0.29) is 0 Å². The second kappa shape index (κ2) is 3.17. The van der Waals surface area contributed by atoms with Crippen LogP contribution in [0, 0.1) is 19.8 Å². The summed E-state index contributed by atoms with van der Waals surface area (Å²) in [6.45, 7) is 5.34. The van der Waals surface area contributed by atoms with Crippen molar-refractivity contribution in [1.29, 1.82) is 0 Å². The molecule has 2 heterocycles. The maximum absolute atomic E-state index is 10.2. The van der Waals surface area contributed by atoms with Crippen molar-refractivity contribution in [3.05, 3.63) is 17.6 Å². The highest BCUT2D eigenvalue weighted by Crippen LogP contribution is 2.45. The number of nitrogens with zero attached hydrogens (tertiary/aromatic N) is 3. The number of hydrogen-bond donors (Lipinski definition) is 1. The summed E-state index contributed by atoms with van der Waals surface area (Å²) in [5.74, 6) is 2.29. The lowest BCUT2D eigenvalue weighted by Crippen LogP contribution is -2.63. The minimum absolute atomic E-state index is 0.438. The van der Waals surface area contributed by atoms with Crippen LogP contribution in [0.15, 0.2) is 6.07 Å². The third-order valence-electron chi connectivity index (χ3n) is 3.54. The highest BCUT2D eigenvalue weighted by Gasteiger charge is 2.52. The Bertz CT molecular complexity index is 402. The highest BCUT2D eigenvalue weighted by atomic mass is 16.3. The van der Waals surface area contributed by atoms with Crippen molar-refractivity contribution in [3.8, 4) is 0 Å². The summed E-state index contributed by atoms with van der Waals surface area (Å²) < 4.78 is 0. The average molecular weight is 219 g/mol. The third kappa shape index (κ3) is 1.57. The quantitative estimate of drug-likeness (QED) is 0.808. The number of aromatic nitrogens is 2. The Morgan fingerprint density at radius 3 is 2.56 bits per heavy atom. The molecule has 2 fully saturated rings. The molecule has 0 atom stereocenters. The van der Waals surface area contributed by atoms with Gasteiger partial charge in [0.2, 0.25) is 0 Å². The molecule has 1 aliphatic carbocycles. The normalized spacial score (nSPS) is 23.1. The molecule has 1 saturated carbocycles. The number of anilines is 1. The maximum Gasteiger partial charge on any atom is 0.132 e. The third-order valence-corrected chi connectivity index (χ3v) is 3.54. The van der Waals surface area contributed by atoms with Crippen LogP contribution in [-0.4, -0.2) is 33.8 Å². The molecule has 0 unspecified atom stereocenters. The van der Waals surface area contributed by atoms with E-state index in [9.17, 15) is 5.11 Å². The summed E-state index contributed by atoms with van der Waals surface area (Å²) in [6, 6.07) is 1.99. The molecule has 4 nitrogen and oxygen atoms in total. The summed E-state index contributed by atoms with van der Waals surface area (Å²) in [5.41, 5.74) is 0.552. The first kappa shape index (κ1) is 10.0. The fourth-order valence-electron chi connectivity index (χ4n) is 2.51. The van der Waals surface area contributed by atoms with Gasteiger partial charge in [0.1, 0.15) is 17.2 Å².